The molecule has 0 aromatic heterocycles. The molecule has 4 nitrogen and oxygen atoms in total. The number of nitro groups is 1. The summed E-state index contributed by atoms with van der Waals surface area (Å²) in [6, 6.07) is 2.78. The van der Waals surface area contributed by atoms with E-state index >= 15 is 0 Å². The summed E-state index contributed by atoms with van der Waals surface area (Å²) in [5.41, 5.74) is 0.0539. The number of hydrogen-bond donors (Lipinski definition) is 0. The minimum atomic E-state index is -4.41. The molecule has 0 spiro atoms. The van der Waals surface area contributed by atoms with Crippen LogP contribution in [0.1, 0.15) is 18.9 Å². The normalized spacial score (nSPS) is 11.9. The average Bonchev–Trinajstić information content (AvgIpc) is 2.35. The van der Waals surface area contributed by atoms with Gasteiger partial charge in [0.2, 0.25) is 5.75 Å². The summed E-state index contributed by atoms with van der Waals surface area (Å²) in [5.74, 6) is 0.0110. The summed E-state index contributed by atoms with van der Waals surface area (Å²) in [7, 11) is 0. The zero-order chi connectivity index (χ0) is 16.0. The van der Waals surface area contributed by atoms with Crippen molar-refractivity contribution in [2.24, 2.45) is 0 Å². The fraction of sp³-hybridized carbons (Fsp3) is 0.385. The van der Waals surface area contributed by atoms with Gasteiger partial charge in [-0.1, -0.05) is 28.9 Å². The molecule has 0 unspecified atom stereocenters. The van der Waals surface area contributed by atoms with Gasteiger partial charge >= 0.3 is 11.9 Å². The first-order valence-corrected chi connectivity index (χ1v) is 6.88. The van der Waals surface area contributed by atoms with Crippen LogP contribution in [0.15, 0.2) is 28.8 Å². The third kappa shape index (κ3) is 5.74. The molecule has 0 amide bonds. The van der Waals surface area contributed by atoms with E-state index in [9.17, 15) is 23.3 Å². The fourth-order valence-electron chi connectivity index (χ4n) is 1.61. The van der Waals surface area contributed by atoms with Crippen LogP contribution in [0, 0.1) is 10.1 Å². The molecule has 0 atom stereocenters. The number of ether oxygens (including phenoxy) is 1. The molecule has 1 rings (SSSR count). The third-order valence-corrected chi connectivity index (χ3v) is 2.86. The molecule has 0 aliphatic carbocycles. The Morgan fingerprint density at radius 2 is 2.10 bits per heavy atom. The van der Waals surface area contributed by atoms with Crippen molar-refractivity contribution < 1.29 is 22.8 Å². The smallest absolute Gasteiger partial charge is 0.409 e. The number of hydrogen-bond acceptors (Lipinski definition) is 3. The number of halogens is 4. The number of allylic oxidation sites excluding steroid dienone is 2. The van der Waals surface area contributed by atoms with Crippen LogP contribution in [0.2, 0.25) is 0 Å². The van der Waals surface area contributed by atoms with Crippen LogP contribution in [0.5, 0.6) is 5.75 Å². The van der Waals surface area contributed by atoms with Crippen LogP contribution in [0.4, 0.5) is 18.9 Å². The topological polar surface area (TPSA) is 52.4 Å². The summed E-state index contributed by atoms with van der Waals surface area (Å²) in [4.78, 5) is 10.4. The molecule has 1 aromatic carbocycles. The first kappa shape index (κ1) is 17.5. The Balaban J connectivity index is 3.15. The highest BCUT2D eigenvalue weighted by atomic mass is 79.9. The number of rotatable bonds is 6. The van der Waals surface area contributed by atoms with E-state index in [1.54, 1.807) is 0 Å². The molecular formula is C13H13BrF3NO3. The third-order valence-electron chi connectivity index (χ3n) is 2.40. The molecule has 0 aliphatic rings. The van der Waals surface area contributed by atoms with Crippen molar-refractivity contribution in [1.82, 2.24) is 0 Å². The molecule has 0 N–H and O–H groups in total. The van der Waals surface area contributed by atoms with Crippen molar-refractivity contribution in [2.75, 3.05) is 6.61 Å². The fourth-order valence-corrected chi connectivity index (χ4v) is 2.11. The molecule has 0 saturated carbocycles. The lowest BCUT2D eigenvalue weighted by molar-refractivity contribution is -0.386. The van der Waals surface area contributed by atoms with E-state index < -0.39 is 11.1 Å². The number of nitrogens with zero attached hydrogens (tertiary/aromatic N) is 1. The van der Waals surface area contributed by atoms with Gasteiger partial charge in [-0.15, -0.1) is 0 Å². The number of nitro benzene ring substituents is 1. The summed E-state index contributed by atoms with van der Waals surface area (Å²) in [5, 5.41) is 11.0. The van der Waals surface area contributed by atoms with Gasteiger partial charge in [-0.3, -0.25) is 10.1 Å². The minimum Gasteiger partial charge on any atom is -0.487 e. The molecule has 8 heteroatoms. The molecule has 0 radical (unpaired) electrons. The van der Waals surface area contributed by atoms with E-state index in [0.717, 1.165) is 6.08 Å². The minimum absolute atomic E-state index is 0.0110. The first-order valence-electron chi connectivity index (χ1n) is 6.08. The Hall–Kier alpha value is -1.57. The Labute approximate surface area is 127 Å². The van der Waals surface area contributed by atoms with Crippen molar-refractivity contribution in [3.05, 3.63) is 44.4 Å². The average molecular weight is 368 g/mol. The van der Waals surface area contributed by atoms with Crippen LogP contribution in [-0.2, 0) is 6.42 Å². The number of alkyl halides is 3. The monoisotopic (exact) mass is 367 g/mol. The van der Waals surface area contributed by atoms with Crippen molar-refractivity contribution in [3.8, 4) is 5.75 Å². The van der Waals surface area contributed by atoms with E-state index in [-0.39, 0.29) is 30.5 Å². The summed E-state index contributed by atoms with van der Waals surface area (Å²) >= 11 is 3.11. The van der Waals surface area contributed by atoms with Crippen LogP contribution in [0.25, 0.3) is 0 Å². The van der Waals surface area contributed by atoms with E-state index in [4.69, 9.17) is 4.74 Å². The molecule has 0 aliphatic heterocycles. The maximum absolute atomic E-state index is 12.1. The number of benzene rings is 1. The van der Waals surface area contributed by atoms with Crippen molar-refractivity contribution in [1.29, 1.82) is 0 Å². The molecule has 21 heavy (non-hydrogen) atoms. The molecule has 0 saturated heterocycles. The van der Waals surface area contributed by atoms with Crippen molar-refractivity contribution in [3.63, 3.8) is 0 Å². The van der Waals surface area contributed by atoms with Crippen molar-refractivity contribution >= 4 is 21.6 Å². The maximum atomic E-state index is 12.1. The SMILES string of the molecule is CCCOc1c(CC=CC(F)(F)F)cc(Br)cc1[N+](=O)[O-]. The second-order valence-corrected chi connectivity index (χ2v) is 5.08. The lowest BCUT2D eigenvalue weighted by Gasteiger charge is -2.11. The zero-order valence-corrected chi connectivity index (χ0v) is 12.7. The van der Waals surface area contributed by atoms with Crippen LogP contribution in [-0.4, -0.2) is 17.7 Å². The molecular weight excluding hydrogens is 355 g/mol. The van der Waals surface area contributed by atoms with E-state index in [0.29, 0.717) is 16.5 Å². The van der Waals surface area contributed by atoms with Crippen molar-refractivity contribution in [2.45, 2.75) is 25.9 Å². The molecule has 0 bridgehead atoms. The molecule has 116 valence electrons. The van der Waals surface area contributed by atoms with Gasteiger partial charge in [-0.2, -0.15) is 13.2 Å². The molecule has 0 fully saturated rings. The Kier molecular flexibility index (Phi) is 6.19. The van der Waals surface area contributed by atoms with E-state index in [1.165, 1.54) is 12.1 Å². The largest absolute Gasteiger partial charge is 0.487 e. The highest BCUT2D eigenvalue weighted by molar-refractivity contribution is 9.10. The van der Waals surface area contributed by atoms with Gasteiger partial charge in [0.1, 0.15) is 0 Å². The Bertz CT molecular complexity index is 544. The van der Waals surface area contributed by atoms with Gasteiger partial charge in [-0.25, -0.2) is 0 Å². The summed E-state index contributed by atoms with van der Waals surface area (Å²) in [6.45, 7) is 2.08. The van der Waals surface area contributed by atoms with Gasteiger partial charge in [-0.05, 0) is 18.9 Å². The first-order chi connectivity index (χ1) is 9.74. The predicted molar refractivity (Wildman–Crippen MR) is 75.5 cm³/mol. The zero-order valence-electron chi connectivity index (χ0n) is 11.1. The van der Waals surface area contributed by atoms with Crippen LogP contribution >= 0.6 is 15.9 Å². The summed E-state index contributed by atoms with van der Waals surface area (Å²) in [6.07, 6.45) is -2.89. The second-order valence-electron chi connectivity index (χ2n) is 4.17. The Morgan fingerprint density at radius 3 is 2.62 bits per heavy atom. The quantitative estimate of drug-likeness (QED) is 0.412. The lowest BCUT2D eigenvalue weighted by atomic mass is 10.1. The predicted octanol–water partition coefficient (Wildman–Crippen LogP) is 4.81. The van der Waals surface area contributed by atoms with Gasteiger partial charge < -0.3 is 4.74 Å². The maximum Gasteiger partial charge on any atom is 0.409 e. The highest BCUT2D eigenvalue weighted by Gasteiger charge is 2.23. The van der Waals surface area contributed by atoms with Crippen LogP contribution < -0.4 is 4.74 Å². The van der Waals surface area contributed by atoms with Gasteiger partial charge in [0.25, 0.3) is 0 Å². The van der Waals surface area contributed by atoms with E-state index in [1.807, 2.05) is 6.92 Å². The molecule has 1 aromatic rings. The summed E-state index contributed by atoms with van der Waals surface area (Å²) < 4.78 is 42.1. The Morgan fingerprint density at radius 1 is 1.43 bits per heavy atom. The lowest BCUT2D eigenvalue weighted by Crippen LogP contribution is -2.04. The second kappa shape index (κ2) is 7.44. The molecule has 0 heterocycles. The van der Waals surface area contributed by atoms with Gasteiger partial charge in [0, 0.05) is 22.2 Å². The van der Waals surface area contributed by atoms with E-state index in [2.05, 4.69) is 15.9 Å². The highest BCUT2D eigenvalue weighted by Crippen LogP contribution is 2.35. The van der Waals surface area contributed by atoms with Gasteiger partial charge in [0.05, 0.1) is 11.5 Å². The van der Waals surface area contributed by atoms with Gasteiger partial charge in [0.15, 0.2) is 0 Å². The van der Waals surface area contributed by atoms with Crippen LogP contribution in [0.3, 0.4) is 0 Å². The standard InChI is InChI=1S/C13H13BrF3NO3/c1-2-6-21-12-9(4-3-5-13(15,16)17)7-10(14)8-11(12)18(19)20/h3,5,7-8H,2,4,6H2,1H3.